The molecular weight excluding hydrogens is 248 g/mol. The van der Waals surface area contributed by atoms with Crippen molar-refractivity contribution in [2.75, 3.05) is 32.8 Å². The maximum Gasteiger partial charge on any atom is 0.0546 e. The average Bonchev–Trinajstić information content (AvgIpc) is 3.31. The third-order valence-corrected chi connectivity index (χ3v) is 5.51. The van der Waals surface area contributed by atoms with E-state index >= 15 is 0 Å². The molecule has 2 unspecified atom stereocenters. The molecule has 0 aromatic rings. The van der Waals surface area contributed by atoms with Gasteiger partial charge in [0, 0.05) is 37.2 Å². The Morgan fingerprint density at radius 1 is 1.20 bits per heavy atom. The van der Waals surface area contributed by atoms with Crippen LogP contribution in [0.1, 0.15) is 58.3 Å². The van der Waals surface area contributed by atoms with Crippen LogP contribution in [0.2, 0.25) is 0 Å². The lowest BCUT2D eigenvalue weighted by atomic mass is 9.80. The van der Waals surface area contributed by atoms with Gasteiger partial charge in [0.05, 0.1) is 6.61 Å². The first kappa shape index (κ1) is 14.8. The van der Waals surface area contributed by atoms with Gasteiger partial charge in [-0.1, -0.05) is 13.3 Å². The third-order valence-electron chi connectivity index (χ3n) is 5.51. The minimum absolute atomic E-state index is 0.381. The minimum Gasteiger partial charge on any atom is -0.381 e. The van der Waals surface area contributed by atoms with E-state index in [1.165, 1.54) is 71.0 Å². The van der Waals surface area contributed by atoms with E-state index in [9.17, 15) is 0 Å². The first-order valence-corrected chi connectivity index (χ1v) is 8.86. The Hall–Kier alpha value is -0.120. The van der Waals surface area contributed by atoms with E-state index in [-0.39, 0.29) is 0 Å². The minimum atomic E-state index is 0.381. The van der Waals surface area contributed by atoms with Crippen molar-refractivity contribution >= 4 is 0 Å². The van der Waals surface area contributed by atoms with Gasteiger partial charge < -0.3 is 10.1 Å². The number of likely N-dealkylation sites (tertiary alicyclic amines) is 1. The molecule has 3 nitrogen and oxygen atoms in total. The quantitative estimate of drug-likeness (QED) is 0.810. The molecule has 0 spiro atoms. The number of nitrogens with one attached hydrogen (secondary N) is 1. The highest BCUT2D eigenvalue weighted by Gasteiger charge is 2.38. The number of hydrogen-bond donors (Lipinski definition) is 1. The zero-order valence-corrected chi connectivity index (χ0v) is 13.2. The Balaban J connectivity index is 1.61. The largest absolute Gasteiger partial charge is 0.381 e. The van der Waals surface area contributed by atoms with Crippen LogP contribution in [0.3, 0.4) is 0 Å². The normalized spacial score (nSPS) is 36.1. The molecule has 0 amide bonds. The van der Waals surface area contributed by atoms with Gasteiger partial charge in [-0.05, 0) is 51.5 Å². The van der Waals surface area contributed by atoms with Crippen LogP contribution in [-0.4, -0.2) is 49.8 Å². The first-order chi connectivity index (χ1) is 9.81. The molecular formula is C17H32N2O. The van der Waals surface area contributed by atoms with Gasteiger partial charge in [0.2, 0.25) is 0 Å². The monoisotopic (exact) mass is 280 g/mol. The molecule has 3 heteroatoms. The highest BCUT2D eigenvalue weighted by atomic mass is 16.5. The second-order valence-corrected chi connectivity index (χ2v) is 7.34. The van der Waals surface area contributed by atoms with Gasteiger partial charge in [-0.25, -0.2) is 0 Å². The van der Waals surface area contributed by atoms with E-state index in [0.717, 1.165) is 25.3 Å². The topological polar surface area (TPSA) is 24.5 Å². The molecule has 2 aliphatic heterocycles. The van der Waals surface area contributed by atoms with Crippen LogP contribution in [0.4, 0.5) is 0 Å². The molecule has 0 aromatic heterocycles. The number of ether oxygens (including phenoxy) is 1. The summed E-state index contributed by atoms with van der Waals surface area (Å²) in [6.07, 6.45) is 10.9. The number of rotatable bonds is 6. The molecule has 3 aliphatic rings. The van der Waals surface area contributed by atoms with Crippen molar-refractivity contribution in [1.82, 2.24) is 10.2 Å². The number of nitrogens with zero attached hydrogens (tertiary/aromatic N) is 1. The molecule has 116 valence electrons. The lowest BCUT2D eigenvalue weighted by Gasteiger charge is -2.45. The Labute approximate surface area is 124 Å². The Morgan fingerprint density at radius 3 is 2.80 bits per heavy atom. The fraction of sp³-hybridized carbons (Fsp3) is 1.00. The average molecular weight is 280 g/mol. The molecule has 2 heterocycles. The fourth-order valence-corrected chi connectivity index (χ4v) is 4.04. The van der Waals surface area contributed by atoms with Crippen molar-refractivity contribution in [3.05, 3.63) is 0 Å². The number of hydrogen-bond acceptors (Lipinski definition) is 3. The molecule has 1 saturated carbocycles. The van der Waals surface area contributed by atoms with Crippen LogP contribution in [-0.2, 0) is 4.74 Å². The Bertz CT molecular complexity index is 297. The van der Waals surface area contributed by atoms with E-state index < -0.39 is 0 Å². The summed E-state index contributed by atoms with van der Waals surface area (Å²) in [5.41, 5.74) is 0.381. The fourth-order valence-electron chi connectivity index (χ4n) is 4.04. The summed E-state index contributed by atoms with van der Waals surface area (Å²) >= 11 is 0. The Morgan fingerprint density at radius 2 is 2.10 bits per heavy atom. The molecule has 2 atom stereocenters. The van der Waals surface area contributed by atoms with Gasteiger partial charge in [-0.2, -0.15) is 0 Å². The van der Waals surface area contributed by atoms with E-state index in [1.807, 2.05) is 0 Å². The summed E-state index contributed by atoms with van der Waals surface area (Å²) < 4.78 is 5.88. The molecule has 1 N–H and O–H groups in total. The van der Waals surface area contributed by atoms with E-state index in [4.69, 9.17) is 4.74 Å². The van der Waals surface area contributed by atoms with E-state index in [0.29, 0.717) is 5.41 Å². The van der Waals surface area contributed by atoms with Gasteiger partial charge in [0.25, 0.3) is 0 Å². The summed E-state index contributed by atoms with van der Waals surface area (Å²) in [5.74, 6) is 0. The summed E-state index contributed by atoms with van der Waals surface area (Å²) in [6.45, 7) is 8.04. The first-order valence-electron chi connectivity index (χ1n) is 8.86. The SMILES string of the molecule is CCC1CCCCN1CC1(CNC2CC2)CCCOC1. The van der Waals surface area contributed by atoms with Crippen molar-refractivity contribution in [2.45, 2.75) is 70.4 Å². The van der Waals surface area contributed by atoms with Crippen LogP contribution >= 0.6 is 0 Å². The molecule has 0 radical (unpaired) electrons. The van der Waals surface area contributed by atoms with Crippen LogP contribution < -0.4 is 5.32 Å². The predicted octanol–water partition coefficient (Wildman–Crippen LogP) is 2.80. The summed E-state index contributed by atoms with van der Waals surface area (Å²) in [7, 11) is 0. The van der Waals surface area contributed by atoms with Crippen LogP contribution in [0.15, 0.2) is 0 Å². The van der Waals surface area contributed by atoms with Gasteiger partial charge >= 0.3 is 0 Å². The van der Waals surface area contributed by atoms with Crippen LogP contribution in [0.25, 0.3) is 0 Å². The zero-order chi connectivity index (χ0) is 13.8. The maximum absolute atomic E-state index is 5.88. The van der Waals surface area contributed by atoms with Crippen molar-refractivity contribution in [1.29, 1.82) is 0 Å². The second kappa shape index (κ2) is 6.76. The van der Waals surface area contributed by atoms with Gasteiger partial charge in [0.15, 0.2) is 0 Å². The molecule has 3 rings (SSSR count). The lowest BCUT2D eigenvalue weighted by molar-refractivity contribution is -0.0380. The smallest absolute Gasteiger partial charge is 0.0546 e. The zero-order valence-electron chi connectivity index (χ0n) is 13.2. The molecule has 2 saturated heterocycles. The van der Waals surface area contributed by atoms with Crippen LogP contribution in [0.5, 0.6) is 0 Å². The maximum atomic E-state index is 5.88. The summed E-state index contributed by atoms with van der Waals surface area (Å²) in [5, 5.41) is 3.78. The summed E-state index contributed by atoms with van der Waals surface area (Å²) in [6, 6.07) is 1.64. The van der Waals surface area contributed by atoms with E-state index in [1.54, 1.807) is 0 Å². The van der Waals surface area contributed by atoms with Crippen molar-refractivity contribution < 1.29 is 4.74 Å². The molecule has 1 aliphatic carbocycles. The van der Waals surface area contributed by atoms with Crippen molar-refractivity contribution in [3.63, 3.8) is 0 Å². The standard InChI is InChI=1S/C17H32N2O/c1-2-16-6-3-4-10-19(16)13-17(9-5-11-20-14-17)12-18-15-7-8-15/h15-16,18H,2-14H2,1H3. The second-order valence-electron chi connectivity index (χ2n) is 7.34. The van der Waals surface area contributed by atoms with Crippen LogP contribution in [0, 0.1) is 5.41 Å². The molecule has 0 bridgehead atoms. The molecule has 0 aromatic carbocycles. The molecule has 3 fully saturated rings. The van der Waals surface area contributed by atoms with Crippen molar-refractivity contribution in [3.8, 4) is 0 Å². The van der Waals surface area contributed by atoms with Gasteiger partial charge in [-0.3, -0.25) is 4.90 Å². The predicted molar refractivity (Wildman–Crippen MR) is 83.0 cm³/mol. The Kier molecular flexibility index (Phi) is 5.00. The third kappa shape index (κ3) is 3.75. The molecule has 20 heavy (non-hydrogen) atoms. The highest BCUT2D eigenvalue weighted by Crippen LogP contribution is 2.33. The number of piperidine rings is 1. The van der Waals surface area contributed by atoms with E-state index in [2.05, 4.69) is 17.1 Å². The van der Waals surface area contributed by atoms with Gasteiger partial charge in [-0.15, -0.1) is 0 Å². The lowest BCUT2D eigenvalue weighted by Crippen LogP contribution is -2.52. The highest BCUT2D eigenvalue weighted by molar-refractivity contribution is 4.92. The summed E-state index contributed by atoms with van der Waals surface area (Å²) in [4.78, 5) is 2.78. The van der Waals surface area contributed by atoms with Crippen molar-refractivity contribution in [2.24, 2.45) is 5.41 Å². The van der Waals surface area contributed by atoms with Gasteiger partial charge in [0.1, 0.15) is 0 Å².